The molecule has 7 heteroatoms. The van der Waals surface area contributed by atoms with E-state index in [1.807, 2.05) is 48.5 Å². The highest BCUT2D eigenvalue weighted by atomic mass is 16.1. The second-order valence-corrected chi connectivity index (χ2v) is 6.53. The Kier molecular flexibility index (Phi) is 4.74. The molecule has 0 saturated carbocycles. The normalized spacial score (nSPS) is 11.1. The van der Waals surface area contributed by atoms with Crippen LogP contribution in [0.2, 0.25) is 0 Å². The predicted molar refractivity (Wildman–Crippen MR) is 107 cm³/mol. The highest BCUT2D eigenvalue weighted by molar-refractivity contribution is 5.94. The molecule has 0 saturated heterocycles. The molecule has 3 N–H and O–H groups in total. The van der Waals surface area contributed by atoms with Gasteiger partial charge in [-0.05, 0) is 24.6 Å². The second-order valence-electron chi connectivity index (χ2n) is 6.53. The lowest BCUT2D eigenvalue weighted by Crippen LogP contribution is -2.17. The van der Waals surface area contributed by atoms with Crippen LogP contribution in [0.4, 0.5) is 11.5 Å². The van der Waals surface area contributed by atoms with Crippen LogP contribution in [0.15, 0.2) is 53.3 Å². The van der Waals surface area contributed by atoms with Gasteiger partial charge in [0.1, 0.15) is 11.3 Å². The summed E-state index contributed by atoms with van der Waals surface area (Å²) in [6.45, 7) is 2.81. The lowest BCUT2D eigenvalue weighted by molar-refractivity contribution is 0.542. The van der Waals surface area contributed by atoms with Crippen LogP contribution in [0, 0.1) is 0 Å². The van der Waals surface area contributed by atoms with Gasteiger partial charge in [0.05, 0.1) is 11.1 Å². The van der Waals surface area contributed by atoms with Crippen LogP contribution in [0.1, 0.15) is 26.2 Å². The summed E-state index contributed by atoms with van der Waals surface area (Å²) in [7, 11) is 0. The van der Waals surface area contributed by atoms with Crippen molar-refractivity contribution in [2.24, 2.45) is 0 Å². The Balaban J connectivity index is 1.82. The minimum Gasteiger partial charge on any atom is -0.340 e. The molecule has 0 spiro atoms. The number of hydrogen-bond acceptors (Lipinski definition) is 4. The summed E-state index contributed by atoms with van der Waals surface area (Å²) >= 11 is 0. The van der Waals surface area contributed by atoms with Gasteiger partial charge in [0.2, 0.25) is 0 Å². The van der Waals surface area contributed by atoms with Gasteiger partial charge >= 0.3 is 0 Å². The lowest BCUT2D eigenvalue weighted by Gasteiger charge is -2.07. The minimum atomic E-state index is -0.0555. The molecule has 0 aliphatic rings. The number of aromatic amines is 2. The zero-order valence-electron chi connectivity index (χ0n) is 15.2. The van der Waals surface area contributed by atoms with Gasteiger partial charge in [-0.25, -0.2) is 0 Å². The summed E-state index contributed by atoms with van der Waals surface area (Å²) < 4.78 is 1.68. The Morgan fingerprint density at radius 2 is 1.93 bits per heavy atom. The maximum Gasteiger partial charge on any atom is 0.276 e. The summed E-state index contributed by atoms with van der Waals surface area (Å²) in [4.78, 5) is 13.2. The summed E-state index contributed by atoms with van der Waals surface area (Å²) in [5, 5.41) is 17.5. The van der Waals surface area contributed by atoms with Crippen LogP contribution in [-0.2, 0) is 6.54 Å². The fraction of sp³-hybridized carbons (Fsp3) is 0.250. The number of nitrogens with one attached hydrogen (secondary N) is 3. The van der Waals surface area contributed by atoms with Gasteiger partial charge in [0, 0.05) is 17.8 Å². The van der Waals surface area contributed by atoms with Gasteiger partial charge in [-0.1, -0.05) is 55.3 Å². The van der Waals surface area contributed by atoms with Crippen molar-refractivity contribution in [3.8, 4) is 11.1 Å². The third-order valence-corrected chi connectivity index (χ3v) is 4.61. The van der Waals surface area contributed by atoms with Crippen molar-refractivity contribution in [3.63, 3.8) is 0 Å². The molecule has 2 aromatic heterocycles. The van der Waals surface area contributed by atoms with Crippen molar-refractivity contribution in [3.05, 3.63) is 58.9 Å². The fourth-order valence-corrected chi connectivity index (χ4v) is 3.24. The number of unbranched alkanes of at least 4 members (excludes halogenated alkanes) is 2. The Morgan fingerprint density at radius 3 is 2.74 bits per heavy atom. The largest absolute Gasteiger partial charge is 0.340 e. The molecule has 0 aliphatic heterocycles. The number of anilines is 2. The summed E-state index contributed by atoms with van der Waals surface area (Å²) in [6, 6.07) is 15.5. The Hall–Kier alpha value is -3.35. The van der Waals surface area contributed by atoms with Crippen molar-refractivity contribution in [1.29, 1.82) is 0 Å². The van der Waals surface area contributed by atoms with E-state index in [1.54, 1.807) is 4.68 Å². The minimum absolute atomic E-state index is 0.0555. The highest BCUT2D eigenvalue weighted by Gasteiger charge is 2.19. The van der Waals surface area contributed by atoms with Crippen LogP contribution in [0.5, 0.6) is 0 Å². The van der Waals surface area contributed by atoms with Gasteiger partial charge in [-0.2, -0.15) is 0 Å². The number of hydrogen-bond donors (Lipinski definition) is 3. The number of aromatic nitrogens is 5. The van der Waals surface area contributed by atoms with E-state index in [0.717, 1.165) is 36.0 Å². The Labute approximate surface area is 156 Å². The highest BCUT2D eigenvalue weighted by Crippen LogP contribution is 2.30. The van der Waals surface area contributed by atoms with Gasteiger partial charge in [-0.15, -0.1) is 5.10 Å². The zero-order valence-corrected chi connectivity index (χ0v) is 15.2. The summed E-state index contributed by atoms with van der Waals surface area (Å²) in [5.74, 6) is 0.665. The Morgan fingerprint density at radius 1 is 1.07 bits per heavy atom. The SMILES string of the molecule is CCCCCn1[nH]c(Nc2ccccc2)c(-c2cccc3[nH]nnc23)c1=O. The molecule has 27 heavy (non-hydrogen) atoms. The number of nitrogens with zero attached hydrogens (tertiary/aromatic N) is 3. The first-order valence-corrected chi connectivity index (χ1v) is 9.23. The van der Waals surface area contributed by atoms with Crippen molar-refractivity contribution in [2.75, 3.05) is 5.32 Å². The molecule has 0 radical (unpaired) electrons. The number of H-pyrrole nitrogens is 2. The molecule has 0 fully saturated rings. The second kappa shape index (κ2) is 7.49. The topological polar surface area (TPSA) is 91.4 Å². The third-order valence-electron chi connectivity index (χ3n) is 4.61. The third kappa shape index (κ3) is 3.36. The van der Waals surface area contributed by atoms with E-state index < -0.39 is 0 Å². The molecule has 138 valence electrons. The maximum atomic E-state index is 13.2. The lowest BCUT2D eigenvalue weighted by atomic mass is 10.1. The molecule has 2 aromatic carbocycles. The molecular formula is C20H22N6O. The average molecular weight is 362 g/mol. The van der Waals surface area contributed by atoms with Crippen molar-refractivity contribution in [2.45, 2.75) is 32.7 Å². The molecule has 0 unspecified atom stereocenters. The smallest absolute Gasteiger partial charge is 0.276 e. The summed E-state index contributed by atoms with van der Waals surface area (Å²) in [6.07, 6.45) is 3.14. The molecule has 0 aliphatic carbocycles. The van der Waals surface area contributed by atoms with Crippen LogP contribution >= 0.6 is 0 Å². The van der Waals surface area contributed by atoms with Gasteiger partial charge in [0.25, 0.3) is 5.56 Å². The first-order valence-electron chi connectivity index (χ1n) is 9.23. The number of rotatable bonds is 7. The van der Waals surface area contributed by atoms with E-state index in [0.29, 0.717) is 23.4 Å². The molecule has 2 heterocycles. The van der Waals surface area contributed by atoms with E-state index in [-0.39, 0.29) is 5.56 Å². The van der Waals surface area contributed by atoms with Gasteiger partial charge in [-0.3, -0.25) is 19.7 Å². The standard InChI is InChI=1S/C20H22N6O/c1-2-3-7-13-26-20(27)17(15-11-8-12-16-18(15)23-25-22-16)19(24-26)21-14-9-5-4-6-10-14/h4-6,8-12,21,24H,2-3,7,13H2,1H3,(H,22,23,25). The predicted octanol–water partition coefficient (Wildman–Crippen LogP) is 4.05. The van der Waals surface area contributed by atoms with E-state index in [2.05, 4.69) is 32.7 Å². The van der Waals surface area contributed by atoms with Crippen LogP contribution < -0.4 is 10.9 Å². The van der Waals surface area contributed by atoms with Crippen LogP contribution in [0.3, 0.4) is 0 Å². The molecule has 4 aromatic rings. The molecule has 4 rings (SSSR count). The number of para-hydroxylation sites is 1. The van der Waals surface area contributed by atoms with Crippen LogP contribution in [0.25, 0.3) is 22.2 Å². The molecule has 7 nitrogen and oxygen atoms in total. The van der Waals surface area contributed by atoms with E-state index >= 15 is 0 Å². The van der Waals surface area contributed by atoms with Gasteiger partial charge < -0.3 is 5.32 Å². The van der Waals surface area contributed by atoms with Crippen molar-refractivity contribution >= 4 is 22.5 Å². The van der Waals surface area contributed by atoms with Crippen molar-refractivity contribution < 1.29 is 0 Å². The quantitative estimate of drug-likeness (QED) is 0.433. The van der Waals surface area contributed by atoms with Crippen molar-refractivity contribution in [1.82, 2.24) is 25.2 Å². The maximum absolute atomic E-state index is 13.2. The number of benzene rings is 2. The molecule has 0 bridgehead atoms. The first-order chi connectivity index (χ1) is 13.3. The fourth-order valence-electron chi connectivity index (χ4n) is 3.24. The number of fused-ring (bicyclic) bond motifs is 1. The monoisotopic (exact) mass is 362 g/mol. The van der Waals surface area contributed by atoms with E-state index in [9.17, 15) is 4.79 Å². The average Bonchev–Trinajstić information content (AvgIpc) is 3.28. The van der Waals surface area contributed by atoms with Gasteiger partial charge in [0.15, 0.2) is 0 Å². The molecule has 0 atom stereocenters. The molecule has 0 amide bonds. The zero-order chi connectivity index (χ0) is 18.6. The van der Waals surface area contributed by atoms with E-state index in [1.165, 1.54) is 0 Å². The molecular weight excluding hydrogens is 340 g/mol. The van der Waals surface area contributed by atoms with Crippen LogP contribution in [-0.4, -0.2) is 25.2 Å². The first kappa shape index (κ1) is 17.1. The van der Waals surface area contributed by atoms with E-state index in [4.69, 9.17) is 0 Å². The number of aryl methyl sites for hydroxylation is 1. The summed E-state index contributed by atoms with van der Waals surface area (Å²) in [5.41, 5.74) is 3.68. The Bertz CT molecular complexity index is 1090.